The molecule has 0 aliphatic heterocycles. The molecule has 90 valence electrons. The van der Waals surface area contributed by atoms with Crippen molar-refractivity contribution in [2.45, 2.75) is 31.9 Å². The third-order valence-corrected chi connectivity index (χ3v) is 4.39. The van der Waals surface area contributed by atoms with Crippen LogP contribution in [0, 0.1) is 17.8 Å². The Bertz CT molecular complexity index is 419. The first-order chi connectivity index (χ1) is 8.24. The van der Waals surface area contributed by atoms with Crippen molar-refractivity contribution in [1.29, 1.82) is 0 Å². The van der Waals surface area contributed by atoms with Gasteiger partial charge in [-0.1, -0.05) is 18.2 Å². The van der Waals surface area contributed by atoms with Crippen molar-refractivity contribution >= 4 is 5.78 Å². The van der Waals surface area contributed by atoms with Crippen molar-refractivity contribution in [2.24, 2.45) is 17.8 Å². The molecule has 0 aromatic rings. The molecule has 2 fully saturated rings. The van der Waals surface area contributed by atoms with E-state index in [2.05, 4.69) is 0 Å². The number of rotatable bonds is 1. The van der Waals surface area contributed by atoms with E-state index >= 15 is 0 Å². The van der Waals surface area contributed by atoms with Gasteiger partial charge < -0.3 is 0 Å². The van der Waals surface area contributed by atoms with Gasteiger partial charge >= 0.3 is 0 Å². The normalized spacial score (nSPS) is 40.3. The number of alkyl halides is 1. The Hall–Kier alpha value is -1.18. The van der Waals surface area contributed by atoms with E-state index in [9.17, 15) is 9.18 Å². The smallest absolute Gasteiger partial charge is 0.137 e. The van der Waals surface area contributed by atoms with E-state index in [1.807, 2.05) is 12.2 Å². The molecule has 2 saturated carbocycles. The zero-order chi connectivity index (χ0) is 11.8. The summed E-state index contributed by atoms with van der Waals surface area (Å²) >= 11 is 0. The summed E-state index contributed by atoms with van der Waals surface area (Å²) in [5, 5.41) is 0. The van der Waals surface area contributed by atoms with Crippen LogP contribution in [0.1, 0.15) is 25.7 Å². The maximum Gasteiger partial charge on any atom is 0.137 e. The molecule has 1 nitrogen and oxygen atoms in total. The molecule has 0 aromatic heterocycles. The highest BCUT2D eigenvalue weighted by Crippen LogP contribution is 2.46. The van der Waals surface area contributed by atoms with E-state index < -0.39 is 6.17 Å². The lowest BCUT2D eigenvalue weighted by Crippen LogP contribution is -2.40. The van der Waals surface area contributed by atoms with Crippen molar-refractivity contribution in [3.63, 3.8) is 0 Å². The van der Waals surface area contributed by atoms with Crippen LogP contribution in [-0.2, 0) is 4.79 Å². The maximum absolute atomic E-state index is 13.1. The SMILES string of the molecule is O=C1CC(C2=CC=CC(F)C=C2)CC2CCC12. The summed E-state index contributed by atoms with van der Waals surface area (Å²) in [4.78, 5) is 11.9. The van der Waals surface area contributed by atoms with Crippen molar-refractivity contribution in [3.8, 4) is 0 Å². The van der Waals surface area contributed by atoms with Gasteiger partial charge in [-0.3, -0.25) is 4.79 Å². The summed E-state index contributed by atoms with van der Waals surface area (Å²) < 4.78 is 13.1. The van der Waals surface area contributed by atoms with Crippen LogP contribution in [0.2, 0.25) is 0 Å². The summed E-state index contributed by atoms with van der Waals surface area (Å²) in [6.45, 7) is 0. The van der Waals surface area contributed by atoms with Crippen LogP contribution in [0.3, 0.4) is 0 Å². The molecule has 0 bridgehead atoms. The van der Waals surface area contributed by atoms with Crippen LogP contribution in [0.5, 0.6) is 0 Å². The number of carbonyl (C=O) groups is 1. The molecule has 3 aliphatic carbocycles. The summed E-state index contributed by atoms with van der Waals surface area (Å²) in [5.41, 5.74) is 1.13. The lowest BCUT2D eigenvalue weighted by Gasteiger charge is -2.42. The molecule has 0 N–H and O–H groups in total. The van der Waals surface area contributed by atoms with E-state index in [4.69, 9.17) is 0 Å². The van der Waals surface area contributed by atoms with Crippen LogP contribution in [0.25, 0.3) is 0 Å². The second-order valence-electron chi connectivity index (χ2n) is 5.40. The summed E-state index contributed by atoms with van der Waals surface area (Å²) in [6, 6.07) is 0. The van der Waals surface area contributed by atoms with Gasteiger partial charge in [-0.2, -0.15) is 0 Å². The fraction of sp³-hybridized carbons (Fsp3) is 0.533. The number of halogens is 1. The van der Waals surface area contributed by atoms with Crippen LogP contribution in [-0.4, -0.2) is 12.0 Å². The van der Waals surface area contributed by atoms with E-state index in [-0.39, 0.29) is 0 Å². The Morgan fingerprint density at radius 2 is 2.12 bits per heavy atom. The predicted molar refractivity (Wildman–Crippen MR) is 65.2 cm³/mol. The molecule has 3 rings (SSSR count). The molecule has 0 amide bonds. The van der Waals surface area contributed by atoms with Gasteiger partial charge in [-0.15, -0.1) is 0 Å². The highest BCUT2D eigenvalue weighted by Gasteiger charge is 2.42. The van der Waals surface area contributed by atoms with Crippen LogP contribution in [0.15, 0.2) is 36.0 Å². The molecule has 2 heteroatoms. The maximum atomic E-state index is 13.1. The zero-order valence-electron chi connectivity index (χ0n) is 9.81. The quantitative estimate of drug-likeness (QED) is 0.677. The lowest BCUT2D eigenvalue weighted by molar-refractivity contribution is -0.132. The summed E-state index contributed by atoms with van der Waals surface area (Å²) in [7, 11) is 0. The van der Waals surface area contributed by atoms with Gasteiger partial charge in [-0.25, -0.2) is 4.39 Å². The van der Waals surface area contributed by atoms with Crippen LogP contribution < -0.4 is 0 Å². The van der Waals surface area contributed by atoms with Gasteiger partial charge in [0.05, 0.1) is 0 Å². The number of allylic oxidation sites excluding steroid dienone is 6. The Labute approximate surface area is 101 Å². The second-order valence-corrected chi connectivity index (χ2v) is 5.40. The highest BCUT2D eigenvalue weighted by atomic mass is 19.1. The summed E-state index contributed by atoms with van der Waals surface area (Å²) in [5.74, 6) is 1.70. The van der Waals surface area contributed by atoms with E-state index in [0.29, 0.717) is 30.0 Å². The summed E-state index contributed by atoms with van der Waals surface area (Å²) in [6.07, 6.45) is 11.8. The average molecular weight is 232 g/mol. The number of Topliss-reactive ketones (excluding diaryl/α,β-unsaturated/α-hetero) is 1. The molecule has 17 heavy (non-hydrogen) atoms. The Morgan fingerprint density at radius 1 is 1.24 bits per heavy atom. The average Bonchev–Trinajstić information content (AvgIpc) is 2.46. The van der Waals surface area contributed by atoms with E-state index in [1.54, 1.807) is 18.2 Å². The first kappa shape index (κ1) is 10.9. The number of ketones is 1. The fourth-order valence-corrected chi connectivity index (χ4v) is 3.24. The minimum Gasteiger partial charge on any atom is -0.299 e. The van der Waals surface area contributed by atoms with E-state index in [0.717, 1.165) is 18.4 Å². The van der Waals surface area contributed by atoms with Crippen molar-refractivity contribution in [1.82, 2.24) is 0 Å². The van der Waals surface area contributed by atoms with Gasteiger partial charge in [0.2, 0.25) is 0 Å². The standard InChI is InChI=1S/C15H17FO/c16-13-3-1-2-10(4-6-13)12-8-11-5-7-14(11)15(17)9-12/h1-4,6,11-14H,5,7-9H2. The second kappa shape index (κ2) is 4.25. The van der Waals surface area contributed by atoms with Gasteiger partial charge in [0.1, 0.15) is 12.0 Å². The Balaban J connectivity index is 1.76. The molecular formula is C15H17FO. The van der Waals surface area contributed by atoms with Gasteiger partial charge in [-0.05, 0) is 48.8 Å². The van der Waals surface area contributed by atoms with Crippen molar-refractivity contribution < 1.29 is 9.18 Å². The molecular weight excluding hydrogens is 215 g/mol. The van der Waals surface area contributed by atoms with Crippen LogP contribution in [0.4, 0.5) is 4.39 Å². The van der Waals surface area contributed by atoms with Crippen molar-refractivity contribution in [2.75, 3.05) is 0 Å². The minimum atomic E-state index is -0.987. The third kappa shape index (κ3) is 2.01. The van der Waals surface area contributed by atoms with Gasteiger partial charge in [0.25, 0.3) is 0 Å². The molecule has 0 spiro atoms. The predicted octanol–water partition coefficient (Wildman–Crippen LogP) is 3.38. The molecule has 4 unspecified atom stereocenters. The molecule has 0 aromatic carbocycles. The molecule has 0 radical (unpaired) electrons. The zero-order valence-corrected chi connectivity index (χ0v) is 9.81. The molecule has 0 heterocycles. The van der Waals surface area contributed by atoms with Crippen molar-refractivity contribution in [3.05, 3.63) is 36.0 Å². The molecule has 0 saturated heterocycles. The first-order valence-electron chi connectivity index (χ1n) is 6.47. The number of carbonyl (C=O) groups excluding carboxylic acids is 1. The van der Waals surface area contributed by atoms with Crippen LogP contribution >= 0.6 is 0 Å². The fourth-order valence-electron chi connectivity index (χ4n) is 3.24. The number of hydrogen-bond acceptors (Lipinski definition) is 1. The minimum absolute atomic E-state index is 0.315. The third-order valence-electron chi connectivity index (χ3n) is 4.39. The molecule has 4 atom stereocenters. The Kier molecular flexibility index (Phi) is 2.73. The van der Waals surface area contributed by atoms with Gasteiger partial charge in [0, 0.05) is 12.3 Å². The lowest BCUT2D eigenvalue weighted by atomic mass is 9.61. The van der Waals surface area contributed by atoms with E-state index in [1.165, 1.54) is 6.42 Å². The number of fused-ring (bicyclic) bond motifs is 1. The van der Waals surface area contributed by atoms with Gasteiger partial charge in [0.15, 0.2) is 0 Å². The highest BCUT2D eigenvalue weighted by molar-refractivity contribution is 5.83. The largest absolute Gasteiger partial charge is 0.299 e. The monoisotopic (exact) mass is 232 g/mol. The number of hydrogen-bond donors (Lipinski definition) is 0. The first-order valence-corrected chi connectivity index (χ1v) is 6.47. The molecule has 3 aliphatic rings. The topological polar surface area (TPSA) is 17.1 Å². The Morgan fingerprint density at radius 3 is 2.82 bits per heavy atom.